The van der Waals surface area contributed by atoms with Gasteiger partial charge in [-0.1, -0.05) is 57.2 Å². The summed E-state index contributed by atoms with van der Waals surface area (Å²) in [5, 5.41) is 10.4. The Labute approximate surface area is 149 Å². The van der Waals surface area contributed by atoms with E-state index in [1.807, 2.05) is 57.2 Å². The molecule has 4 heteroatoms. The lowest BCUT2D eigenvalue weighted by Gasteiger charge is -2.11. The summed E-state index contributed by atoms with van der Waals surface area (Å²) in [5.74, 6) is -1.37. The van der Waals surface area contributed by atoms with Crippen molar-refractivity contribution >= 4 is 17.3 Å². The lowest BCUT2D eigenvalue weighted by molar-refractivity contribution is -0.141. The van der Waals surface area contributed by atoms with Crippen molar-refractivity contribution in [3.8, 4) is 0 Å². The molecule has 1 heterocycles. The molecule has 1 aromatic rings. The maximum Gasteiger partial charge on any atom is 0.346 e. The number of ether oxygens (including phenoxy) is 1. The highest BCUT2D eigenvalue weighted by molar-refractivity contribution is 6.23. The summed E-state index contributed by atoms with van der Waals surface area (Å²) in [6, 6.07) is 9.93. The van der Waals surface area contributed by atoms with Crippen LogP contribution in [-0.2, 0) is 14.3 Å². The van der Waals surface area contributed by atoms with Crippen molar-refractivity contribution in [1.29, 1.82) is 0 Å². The van der Waals surface area contributed by atoms with Crippen molar-refractivity contribution in [2.45, 2.75) is 46.6 Å². The van der Waals surface area contributed by atoms with Crippen molar-refractivity contribution in [1.82, 2.24) is 0 Å². The number of aliphatic hydroxyl groups excluding tert-OH is 1. The third-order valence-electron chi connectivity index (χ3n) is 4.41. The molecule has 0 saturated carbocycles. The van der Waals surface area contributed by atoms with E-state index in [0.717, 1.165) is 11.1 Å². The van der Waals surface area contributed by atoms with Crippen molar-refractivity contribution in [3.63, 3.8) is 0 Å². The second-order valence-corrected chi connectivity index (χ2v) is 7.04. The summed E-state index contributed by atoms with van der Waals surface area (Å²) in [4.78, 5) is 24.4. The third-order valence-corrected chi connectivity index (χ3v) is 4.41. The van der Waals surface area contributed by atoms with Crippen LogP contribution in [0.3, 0.4) is 0 Å². The van der Waals surface area contributed by atoms with Gasteiger partial charge in [0.05, 0.1) is 0 Å². The molecule has 1 fully saturated rings. The zero-order chi connectivity index (χ0) is 18.6. The van der Waals surface area contributed by atoms with Crippen LogP contribution >= 0.6 is 0 Å². The highest BCUT2D eigenvalue weighted by Crippen LogP contribution is 2.28. The fraction of sp³-hybridized carbons (Fsp3) is 0.429. The fourth-order valence-electron chi connectivity index (χ4n) is 2.85. The number of carbonyl (C=O) groups excluding carboxylic acids is 2. The van der Waals surface area contributed by atoms with E-state index in [-0.39, 0.29) is 23.2 Å². The normalized spacial score (nSPS) is 21.5. The maximum atomic E-state index is 12.4. The summed E-state index contributed by atoms with van der Waals surface area (Å²) in [6.45, 7) is 7.72. The zero-order valence-electron chi connectivity index (χ0n) is 15.3. The molecule has 1 aromatic carbocycles. The molecule has 2 rings (SSSR count). The first kappa shape index (κ1) is 19.0. The lowest BCUT2D eigenvalue weighted by atomic mass is 9.94. The highest BCUT2D eigenvalue weighted by Gasteiger charge is 2.41. The van der Waals surface area contributed by atoms with Gasteiger partial charge in [-0.3, -0.25) is 4.79 Å². The molecule has 0 bridgehead atoms. The third kappa shape index (κ3) is 4.59. The number of hydrogen-bond donors (Lipinski definition) is 1. The highest BCUT2D eigenvalue weighted by atomic mass is 16.6. The Bertz CT molecular complexity index is 698. The molecule has 1 N–H and O–H groups in total. The molecule has 1 aliphatic heterocycles. The minimum absolute atomic E-state index is 0.168. The minimum Gasteiger partial charge on any atom is -0.511 e. The second kappa shape index (κ2) is 8.15. The number of benzene rings is 1. The Hall–Kier alpha value is -2.36. The average Bonchev–Trinajstić information content (AvgIpc) is 2.85. The average molecular weight is 342 g/mol. The van der Waals surface area contributed by atoms with Crippen LogP contribution in [0.1, 0.15) is 46.1 Å². The van der Waals surface area contributed by atoms with Gasteiger partial charge < -0.3 is 9.84 Å². The van der Waals surface area contributed by atoms with E-state index in [1.165, 1.54) is 0 Å². The van der Waals surface area contributed by atoms with Gasteiger partial charge in [-0.25, -0.2) is 4.79 Å². The molecular weight excluding hydrogens is 316 g/mol. The number of rotatable bonds is 6. The number of esters is 1. The molecule has 0 aromatic heterocycles. The molecule has 1 aliphatic rings. The van der Waals surface area contributed by atoms with Gasteiger partial charge in [0.1, 0.15) is 11.3 Å². The summed E-state index contributed by atoms with van der Waals surface area (Å²) in [5.41, 5.74) is 2.02. The maximum absolute atomic E-state index is 12.4. The Kier molecular flexibility index (Phi) is 6.18. The molecule has 0 spiro atoms. The first-order valence-corrected chi connectivity index (χ1v) is 8.71. The number of hydrogen-bond acceptors (Lipinski definition) is 4. The van der Waals surface area contributed by atoms with Gasteiger partial charge in [0.15, 0.2) is 6.10 Å². The number of Topliss-reactive ketones (excluding diaryl/α,β-unsaturated/α-hetero) is 1. The molecular formula is C21H26O4. The van der Waals surface area contributed by atoms with Crippen molar-refractivity contribution in [2.75, 3.05) is 0 Å². The zero-order valence-corrected chi connectivity index (χ0v) is 15.3. The van der Waals surface area contributed by atoms with E-state index < -0.39 is 17.9 Å². The Morgan fingerprint density at radius 2 is 1.84 bits per heavy atom. The Balaban J connectivity index is 2.13. The SMILES string of the molecule is C/C(=C/CC(C)C(O)=C1C(=O)OC(CC(C)C)C1=O)c1ccccc1. The Morgan fingerprint density at radius 1 is 1.20 bits per heavy atom. The van der Waals surface area contributed by atoms with Gasteiger partial charge in [0, 0.05) is 5.92 Å². The number of allylic oxidation sites excluding steroid dienone is 3. The van der Waals surface area contributed by atoms with Gasteiger partial charge >= 0.3 is 5.97 Å². The van der Waals surface area contributed by atoms with Crippen LogP contribution < -0.4 is 0 Å². The van der Waals surface area contributed by atoms with Crippen LogP contribution in [0.5, 0.6) is 0 Å². The van der Waals surface area contributed by atoms with Crippen LogP contribution in [0.4, 0.5) is 0 Å². The van der Waals surface area contributed by atoms with Gasteiger partial charge in [-0.2, -0.15) is 0 Å². The quantitative estimate of drug-likeness (QED) is 0.358. The van der Waals surface area contributed by atoms with E-state index in [4.69, 9.17) is 4.74 Å². The minimum atomic E-state index is -0.765. The first-order chi connectivity index (χ1) is 11.8. The van der Waals surface area contributed by atoms with Gasteiger partial charge in [-0.15, -0.1) is 0 Å². The van der Waals surface area contributed by atoms with Gasteiger partial charge in [-0.05, 0) is 36.8 Å². The monoisotopic (exact) mass is 342 g/mol. The largest absolute Gasteiger partial charge is 0.511 e. The fourth-order valence-corrected chi connectivity index (χ4v) is 2.85. The van der Waals surface area contributed by atoms with Crippen molar-refractivity contribution in [2.24, 2.45) is 11.8 Å². The number of carbonyl (C=O) groups is 2. The van der Waals surface area contributed by atoms with Gasteiger partial charge in [0.25, 0.3) is 0 Å². The van der Waals surface area contributed by atoms with E-state index in [9.17, 15) is 14.7 Å². The summed E-state index contributed by atoms with van der Waals surface area (Å²) < 4.78 is 5.14. The summed E-state index contributed by atoms with van der Waals surface area (Å²) >= 11 is 0. The van der Waals surface area contributed by atoms with Crippen LogP contribution in [-0.4, -0.2) is 23.0 Å². The van der Waals surface area contributed by atoms with Crippen molar-refractivity contribution in [3.05, 3.63) is 53.3 Å². The van der Waals surface area contributed by atoms with Gasteiger partial charge in [0.2, 0.25) is 5.78 Å². The molecule has 1 saturated heterocycles. The smallest absolute Gasteiger partial charge is 0.346 e. The topological polar surface area (TPSA) is 63.6 Å². The molecule has 25 heavy (non-hydrogen) atoms. The predicted octanol–water partition coefficient (Wildman–Crippen LogP) is 4.47. The number of ketones is 1. The summed E-state index contributed by atoms with van der Waals surface area (Å²) in [7, 11) is 0. The van der Waals surface area contributed by atoms with Crippen LogP contribution in [0.25, 0.3) is 5.57 Å². The van der Waals surface area contributed by atoms with E-state index in [0.29, 0.717) is 12.8 Å². The van der Waals surface area contributed by atoms with E-state index in [2.05, 4.69) is 0 Å². The molecule has 2 atom stereocenters. The predicted molar refractivity (Wildman–Crippen MR) is 97.9 cm³/mol. The van der Waals surface area contributed by atoms with Crippen LogP contribution in [0.15, 0.2) is 47.7 Å². The van der Waals surface area contributed by atoms with Crippen LogP contribution in [0.2, 0.25) is 0 Å². The Morgan fingerprint density at radius 3 is 2.44 bits per heavy atom. The molecule has 0 amide bonds. The standard InChI is InChI=1S/C21H26O4/c1-13(2)12-17-20(23)18(21(24)25-17)19(22)15(4)11-10-14(3)16-8-6-5-7-9-16/h5-10,13,15,17,22H,11-12H2,1-4H3/b14-10-,19-18?. The lowest BCUT2D eigenvalue weighted by Crippen LogP contribution is -2.19. The molecule has 2 unspecified atom stereocenters. The van der Waals surface area contributed by atoms with E-state index in [1.54, 1.807) is 6.92 Å². The number of aliphatic hydroxyl groups is 1. The second-order valence-electron chi connectivity index (χ2n) is 7.04. The first-order valence-electron chi connectivity index (χ1n) is 8.71. The van der Waals surface area contributed by atoms with Crippen molar-refractivity contribution < 1.29 is 19.4 Å². The van der Waals surface area contributed by atoms with Crippen LogP contribution in [0, 0.1) is 11.8 Å². The molecule has 0 radical (unpaired) electrons. The summed E-state index contributed by atoms with van der Waals surface area (Å²) in [6.07, 6.45) is 2.25. The van der Waals surface area contributed by atoms with E-state index >= 15 is 0 Å². The molecule has 0 aliphatic carbocycles. The molecule has 134 valence electrons. The molecule has 4 nitrogen and oxygen atoms in total. The number of cyclic esters (lactones) is 1.